The number of aryl methyl sites for hydroxylation is 1. The molecule has 0 spiro atoms. The molecule has 2 N–H and O–H groups in total. The molecule has 0 bridgehead atoms. The summed E-state index contributed by atoms with van der Waals surface area (Å²) < 4.78 is 5.66. The highest BCUT2D eigenvalue weighted by Crippen LogP contribution is 2.29. The largest absolute Gasteiger partial charge is 0.455 e. The van der Waals surface area contributed by atoms with Crippen molar-refractivity contribution in [1.82, 2.24) is 15.5 Å². The van der Waals surface area contributed by atoms with Crippen LogP contribution in [0.2, 0.25) is 0 Å². The lowest BCUT2D eigenvalue weighted by molar-refractivity contribution is 0.0913. The van der Waals surface area contributed by atoms with Crippen LogP contribution in [-0.4, -0.2) is 55.9 Å². The Morgan fingerprint density at radius 3 is 2.74 bits per heavy atom. The Kier molecular flexibility index (Phi) is 6.21. The highest BCUT2D eigenvalue weighted by Gasteiger charge is 2.28. The number of fused-ring (bicyclic) bond motifs is 1. The van der Waals surface area contributed by atoms with Crippen LogP contribution in [0.4, 0.5) is 0 Å². The van der Waals surface area contributed by atoms with Gasteiger partial charge in [-0.15, -0.1) is 12.4 Å². The molecule has 1 amide bonds. The second kappa shape index (κ2) is 7.95. The maximum Gasteiger partial charge on any atom is 0.287 e. The predicted molar refractivity (Wildman–Crippen MR) is 89.6 cm³/mol. The SMILES string of the molecule is Cc1c(C(=O)NCCN2CCNCC2)oc2c1C(=O)CCC2.Cl. The molecule has 1 aromatic rings. The summed E-state index contributed by atoms with van der Waals surface area (Å²) in [5, 5.41) is 6.21. The highest BCUT2D eigenvalue weighted by molar-refractivity contribution is 6.03. The smallest absolute Gasteiger partial charge is 0.287 e. The van der Waals surface area contributed by atoms with E-state index in [1.54, 1.807) is 6.92 Å². The van der Waals surface area contributed by atoms with E-state index < -0.39 is 0 Å². The fourth-order valence-electron chi connectivity index (χ4n) is 3.21. The van der Waals surface area contributed by atoms with E-state index >= 15 is 0 Å². The van der Waals surface area contributed by atoms with E-state index in [1.165, 1.54) is 0 Å². The van der Waals surface area contributed by atoms with Gasteiger partial charge >= 0.3 is 0 Å². The molecule has 1 aromatic heterocycles. The number of hydrogen-bond donors (Lipinski definition) is 2. The van der Waals surface area contributed by atoms with E-state index in [4.69, 9.17) is 4.42 Å². The highest BCUT2D eigenvalue weighted by atomic mass is 35.5. The zero-order valence-electron chi connectivity index (χ0n) is 13.4. The third-order valence-corrected chi connectivity index (χ3v) is 4.44. The summed E-state index contributed by atoms with van der Waals surface area (Å²) in [6.07, 6.45) is 2.11. The van der Waals surface area contributed by atoms with Crippen molar-refractivity contribution >= 4 is 24.1 Å². The van der Waals surface area contributed by atoms with Crippen molar-refractivity contribution in [2.45, 2.75) is 26.2 Å². The molecule has 1 saturated heterocycles. The number of carbonyl (C=O) groups is 2. The standard InChI is InChI=1S/C16H23N3O3.ClH/c1-11-14-12(20)3-2-4-13(14)22-15(11)16(21)18-7-10-19-8-5-17-6-9-19;/h17H,2-10H2,1H3,(H,18,21);1H. The maximum absolute atomic E-state index is 12.3. The molecule has 0 radical (unpaired) electrons. The van der Waals surface area contributed by atoms with Gasteiger partial charge in [-0.2, -0.15) is 0 Å². The zero-order chi connectivity index (χ0) is 15.5. The first-order valence-corrected chi connectivity index (χ1v) is 8.03. The molecule has 23 heavy (non-hydrogen) atoms. The molecule has 0 saturated carbocycles. The van der Waals surface area contributed by atoms with E-state index in [-0.39, 0.29) is 24.1 Å². The fourth-order valence-corrected chi connectivity index (χ4v) is 3.21. The molecule has 2 heterocycles. The first-order valence-electron chi connectivity index (χ1n) is 8.03. The van der Waals surface area contributed by atoms with Crippen LogP contribution in [0.15, 0.2) is 4.42 Å². The number of hydrogen-bond acceptors (Lipinski definition) is 5. The molecular formula is C16H24ClN3O3. The van der Waals surface area contributed by atoms with Crippen LogP contribution < -0.4 is 10.6 Å². The fraction of sp³-hybridized carbons (Fsp3) is 0.625. The summed E-state index contributed by atoms with van der Waals surface area (Å²) in [7, 11) is 0. The van der Waals surface area contributed by atoms with Gasteiger partial charge in [0.25, 0.3) is 5.91 Å². The van der Waals surface area contributed by atoms with Crippen LogP contribution in [0, 0.1) is 6.92 Å². The minimum atomic E-state index is -0.213. The van der Waals surface area contributed by atoms with Crippen LogP contribution in [0.5, 0.6) is 0 Å². The number of carbonyl (C=O) groups excluding carboxylic acids is 2. The van der Waals surface area contributed by atoms with Gasteiger partial charge in [0, 0.05) is 57.7 Å². The van der Waals surface area contributed by atoms with Crippen molar-refractivity contribution in [3.05, 3.63) is 22.6 Å². The number of halogens is 1. The third kappa shape index (κ3) is 3.94. The molecule has 0 atom stereocenters. The summed E-state index contributed by atoms with van der Waals surface area (Å²) in [6, 6.07) is 0. The van der Waals surface area contributed by atoms with Crippen molar-refractivity contribution < 1.29 is 14.0 Å². The van der Waals surface area contributed by atoms with Crippen molar-refractivity contribution in [1.29, 1.82) is 0 Å². The van der Waals surface area contributed by atoms with E-state index in [1.807, 2.05) is 0 Å². The molecule has 1 aliphatic carbocycles. The monoisotopic (exact) mass is 341 g/mol. The molecular weight excluding hydrogens is 318 g/mol. The van der Waals surface area contributed by atoms with Crippen LogP contribution in [0.25, 0.3) is 0 Å². The Morgan fingerprint density at radius 2 is 2.04 bits per heavy atom. The lowest BCUT2D eigenvalue weighted by Crippen LogP contribution is -2.46. The number of nitrogens with one attached hydrogen (secondary N) is 2. The van der Waals surface area contributed by atoms with E-state index in [2.05, 4.69) is 15.5 Å². The quantitative estimate of drug-likeness (QED) is 0.859. The Labute approximate surface area is 142 Å². The lowest BCUT2D eigenvalue weighted by atomic mass is 9.94. The minimum Gasteiger partial charge on any atom is -0.455 e. The van der Waals surface area contributed by atoms with Gasteiger partial charge in [0.05, 0.1) is 5.56 Å². The van der Waals surface area contributed by atoms with Gasteiger partial charge in [0.15, 0.2) is 11.5 Å². The number of ketones is 1. The molecule has 2 aliphatic rings. The molecule has 0 aromatic carbocycles. The van der Waals surface area contributed by atoms with E-state index in [9.17, 15) is 9.59 Å². The minimum absolute atomic E-state index is 0. The van der Waals surface area contributed by atoms with Gasteiger partial charge in [-0.25, -0.2) is 0 Å². The van der Waals surface area contributed by atoms with E-state index in [0.717, 1.165) is 45.6 Å². The second-order valence-electron chi connectivity index (χ2n) is 5.98. The average molecular weight is 342 g/mol. The second-order valence-corrected chi connectivity index (χ2v) is 5.98. The van der Waals surface area contributed by atoms with Crippen molar-refractivity contribution in [3.63, 3.8) is 0 Å². The van der Waals surface area contributed by atoms with E-state index in [0.29, 0.717) is 35.6 Å². The summed E-state index contributed by atoms with van der Waals surface area (Å²) in [6.45, 7) is 7.26. The molecule has 0 unspecified atom stereocenters. The van der Waals surface area contributed by atoms with Crippen LogP contribution >= 0.6 is 12.4 Å². The van der Waals surface area contributed by atoms with Crippen molar-refractivity contribution in [3.8, 4) is 0 Å². The molecule has 1 fully saturated rings. The lowest BCUT2D eigenvalue weighted by Gasteiger charge is -2.26. The summed E-state index contributed by atoms with van der Waals surface area (Å²) in [5.74, 6) is 0.874. The van der Waals surface area contributed by atoms with Crippen molar-refractivity contribution in [2.75, 3.05) is 39.3 Å². The number of nitrogens with zero attached hydrogens (tertiary/aromatic N) is 1. The van der Waals surface area contributed by atoms with Gasteiger partial charge in [-0.05, 0) is 13.3 Å². The predicted octanol–water partition coefficient (Wildman–Crippen LogP) is 1.16. The Balaban J connectivity index is 0.00000192. The van der Waals surface area contributed by atoms with Gasteiger partial charge in [0.2, 0.25) is 0 Å². The Bertz CT molecular complexity index is 579. The van der Waals surface area contributed by atoms with Gasteiger partial charge in [0.1, 0.15) is 5.76 Å². The number of rotatable bonds is 4. The number of Topliss-reactive ketones (excluding diaryl/α,β-unsaturated/α-hetero) is 1. The van der Waals surface area contributed by atoms with Crippen LogP contribution in [0.3, 0.4) is 0 Å². The molecule has 7 heteroatoms. The van der Waals surface area contributed by atoms with Gasteiger partial charge < -0.3 is 15.1 Å². The summed E-state index contributed by atoms with van der Waals surface area (Å²) in [5.41, 5.74) is 1.33. The molecule has 1 aliphatic heterocycles. The van der Waals surface area contributed by atoms with Crippen LogP contribution in [0.1, 0.15) is 45.1 Å². The van der Waals surface area contributed by atoms with Crippen molar-refractivity contribution in [2.24, 2.45) is 0 Å². The maximum atomic E-state index is 12.3. The zero-order valence-corrected chi connectivity index (χ0v) is 14.3. The topological polar surface area (TPSA) is 74.6 Å². The number of furan rings is 1. The molecule has 6 nitrogen and oxygen atoms in total. The first kappa shape index (κ1) is 18.0. The summed E-state index contributed by atoms with van der Waals surface area (Å²) in [4.78, 5) is 26.6. The molecule has 3 rings (SSSR count). The van der Waals surface area contributed by atoms with Gasteiger partial charge in [-0.1, -0.05) is 0 Å². The average Bonchev–Trinajstić information content (AvgIpc) is 2.87. The normalized spacial score (nSPS) is 18.2. The molecule has 128 valence electrons. The number of piperazine rings is 1. The number of amides is 1. The Morgan fingerprint density at radius 1 is 1.30 bits per heavy atom. The first-order chi connectivity index (χ1) is 10.7. The van der Waals surface area contributed by atoms with Crippen LogP contribution in [-0.2, 0) is 6.42 Å². The Hall–Kier alpha value is -1.37. The summed E-state index contributed by atoms with van der Waals surface area (Å²) >= 11 is 0. The van der Waals surface area contributed by atoms with Gasteiger partial charge in [-0.3, -0.25) is 14.5 Å². The third-order valence-electron chi connectivity index (χ3n) is 4.44.